The number of carbonyl (C=O) groups excluding carboxylic acids is 2. The van der Waals surface area contributed by atoms with Crippen molar-refractivity contribution in [3.63, 3.8) is 0 Å². The number of halogens is 2. The Morgan fingerprint density at radius 1 is 0.833 bits per heavy atom. The molecule has 342 valence electrons. The zero-order chi connectivity index (χ0) is 46.5. The fraction of sp³-hybridized carbons (Fsp3) is 0.327. The zero-order valence-electron chi connectivity index (χ0n) is 38.5. The summed E-state index contributed by atoms with van der Waals surface area (Å²) in [6, 6.07) is 37.2. The van der Waals surface area contributed by atoms with Crippen LogP contribution in [0.2, 0.25) is 10.0 Å². The van der Waals surface area contributed by atoms with Crippen molar-refractivity contribution in [2.24, 2.45) is 0 Å². The number of esters is 1. The molecule has 5 atom stereocenters. The Hall–Kier alpha value is -5.71. The Kier molecular flexibility index (Phi) is 14.8. The van der Waals surface area contributed by atoms with E-state index in [1.54, 1.807) is 6.07 Å². The van der Waals surface area contributed by atoms with Gasteiger partial charge < -0.3 is 19.5 Å². The Bertz CT molecular complexity index is 2660. The Morgan fingerprint density at radius 3 is 2.29 bits per heavy atom. The highest BCUT2D eigenvalue weighted by Gasteiger charge is 2.39. The van der Waals surface area contributed by atoms with E-state index in [9.17, 15) is 9.59 Å². The Morgan fingerprint density at radius 2 is 1.59 bits per heavy atom. The molecular weight excluding hydrogens is 868 g/mol. The van der Waals surface area contributed by atoms with E-state index in [-0.39, 0.29) is 24.2 Å². The SMILES string of the molecule is CCC(c1ccccc1)N1Cc2cc3c(cc2C[C@H]1C(=O)N[C@@H](Cc1ccc(-c2ccnc(C)c2C)cc1)C(=O)OC)CN(C)C[C@H](c1ccc(O[C@H](CC)c2ccc(Cl)c(Cl)c2)cc1)O3. The molecule has 0 aliphatic carbocycles. The van der Waals surface area contributed by atoms with Crippen molar-refractivity contribution in [2.75, 3.05) is 20.7 Å². The molecule has 1 N–H and O–H groups in total. The predicted molar refractivity (Wildman–Crippen MR) is 262 cm³/mol. The number of likely N-dealkylation sites (N-methyl/N-ethyl adjacent to an activating group) is 1. The summed E-state index contributed by atoms with van der Waals surface area (Å²) < 4.78 is 18.6. The van der Waals surface area contributed by atoms with Gasteiger partial charge in [0.1, 0.15) is 29.7 Å². The summed E-state index contributed by atoms with van der Waals surface area (Å²) >= 11 is 12.5. The summed E-state index contributed by atoms with van der Waals surface area (Å²) in [7, 11) is 3.48. The molecule has 6 aromatic rings. The van der Waals surface area contributed by atoms with Gasteiger partial charge in [-0.15, -0.1) is 0 Å². The molecule has 2 aliphatic rings. The maximum Gasteiger partial charge on any atom is 0.328 e. The highest BCUT2D eigenvalue weighted by molar-refractivity contribution is 6.42. The quantitative estimate of drug-likeness (QED) is 0.108. The van der Waals surface area contributed by atoms with Crippen molar-refractivity contribution in [3.05, 3.63) is 182 Å². The normalized spacial score (nSPS) is 17.6. The molecule has 0 saturated carbocycles. The van der Waals surface area contributed by atoms with Crippen molar-refractivity contribution in [2.45, 2.75) is 96.8 Å². The molecular formula is C55H58Cl2N4O5. The number of methoxy groups -OCH3 is 1. The van der Waals surface area contributed by atoms with Crippen LogP contribution in [0.4, 0.5) is 0 Å². The molecule has 0 radical (unpaired) electrons. The average Bonchev–Trinajstić information content (AvgIpc) is 3.49. The molecule has 0 bridgehead atoms. The van der Waals surface area contributed by atoms with E-state index in [1.807, 2.05) is 73.8 Å². The maximum atomic E-state index is 14.8. The number of rotatable bonds is 14. The number of ether oxygens (including phenoxy) is 3. The van der Waals surface area contributed by atoms with Crippen LogP contribution in [-0.2, 0) is 40.3 Å². The van der Waals surface area contributed by atoms with Gasteiger partial charge in [-0.2, -0.15) is 0 Å². The third-order valence-corrected chi connectivity index (χ3v) is 13.9. The van der Waals surface area contributed by atoms with E-state index < -0.39 is 18.1 Å². The summed E-state index contributed by atoms with van der Waals surface area (Å²) in [4.78, 5) is 37.2. The number of carbonyl (C=O) groups is 2. The zero-order valence-corrected chi connectivity index (χ0v) is 40.0. The molecule has 0 saturated heterocycles. The average molecular weight is 926 g/mol. The second kappa shape index (κ2) is 20.9. The highest BCUT2D eigenvalue weighted by atomic mass is 35.5. The first-order valence-electron chi connectivity index (χ1n) is 22.8. The number of aromatic nitrogens is 1. The first-order chi connectivity index (χ1) is 31.9. The van der Waals surface area contributed by atoms with Gasteiger partial charge in [0.05, 0.1) is 23.2 Å². The van der Waals surface area contributed by atoms with Crippen molar-refractivity contribution >= 4 is 35.1 Å². The Balaban J connectivity index is 1.04. The third-order valence-electron chi connectivity index (χ3n) is 13.2. The predicted octanol–water partition coefficient (Wildman–Crippen LogP) is 11.5. The topological polar surface area (TPSA) is 93.2 Å². The van der Waals surface area contributed by atoms with E-state index >= 15 is 0 Å². The number of amides is 1. The number of nitrogens with one attached hydrogen (secondary N) is 1. The lowest BCUT2D eigenvalue weighted by Crippen LogP contribution is -2.55. The van der Waals surface area contributed by atoms with Crippen molar-refractivity contribution in [1.82, 2.24) is 20.1 Å². The largest absolute Gasteiger partial charge is 0.486 e. The number of pyridine rings is 1. The van der Waals surface area contributed by atoms with E-state index in [4.69, 9.17) is 37.4 Å². The van der Waals surface area contributed by atoms with Crippen LogP contribution in [0.15, 0.2) is 121 Å². The molecule has 3 heterocycles. The van der Waals surface area contributed by atoms with E-state index in [2.05, 4.69) is 96.5 Å². The molecule has 5 aromatic carbocycles. The van der Waals surface area contributed by atoms with Gasteiger partial charge in [0.15, 0.2) is 0 Å². The minimum atomic E-state index is -0.874. The number of benzene rings is 5. The van der Waals surface area contributed by atoms with E-state index in [0.717, 1.165) is 85.7 Å². The van der Waals surface area contributed by atoms with Crippen molar-refractivity contribution in [3.8, 4) is 22.6 Å². The molecule has 9 nitrogen and oxygen atoms in total. The fourth-order valence-electron chi connectivity index (χ4n) is 9.47. The van der Waals surface area contributed by atoms with Crippen LogP contribution in [0.5, 0.6) is 11.5 Å². The minimum absolute atomic E-state index is 0.0529. The summed E-state index contributed by atoms with van der Waals surface area (Å²) in [5.74, 6) is 0.912. The van der Waals surface area contributed by atoms with Crippen LogP contribution in [0.3, 0.4) is 0 Å². The Labute approximate surface area is 399 Å². The van der Waals surface area contributed by atoms with Gasteiger partial charge in [-0.1, -0.05) is 116 Å². The highest BCUT2D eigenvalue weighted by Crippen LogP contribution is 2.40. The number of hydrogen-bond acceptors (Lipinski definition) is 8. The second-order valence-electron chi connectivity index (χ2n) is 17.6. The van der Waals surface area contributed by atoms with Crippen LogP contribution >= 0.6 is 23.2 Å². The monoisotopic (exact) mass is 924 g/mol. The summed E-state index contributed by atoms with van der Waals surface area (Å²) in [6.45, 7) is 10.2. The van der Waals surface area contributed by atoms with Crippen LogP contribution in [-0.4, -0.2) is 59.4 Å². The van der Waals surface area contributed by atoms with Crippen LogP contribution in [0.1, 0.15) is 95.1 Å². The smallest absolute Gasteiger partial charge is 0.328 e. The molecule has 2 aliphatic heterocycles. The molecule has 8 rings (SSSR count). The van der Waals surface area contributed by atoms with Crippen molar-refractivity contribution < 1.29 is 23.8 Å². The summed E-state index contributed by atoms with van der Waals surface area (Å²) in [5.41, 5.74) is 11.7. The standard InChI is InChI=1S/C55H58Cl2N4O5/c1-7-49(38-12-10-9-11-13-38)61-32-42-30-52-43(31-60(5)33-53(66-52)39-18-21-44(22-19-39)65-51(8-2)40-20-23-46(56)47(57)28-40)27-41(42)29-50(61)54(62)59-48(55(63)64-6)26-36-14-16-37(17-15-36)45-24-25-58-35(4)34(45)3/h9-25,27-28,30,48-51,53H,7-8,26,29,31-33H2,1-6H3,(H,59,62)/t48-,49?,50-,51+,53+/m0/s1. The molecule has 0 spiro atoms. The molecule has 0 fully saturated rings. The number of aryl methyl sites for hydroxylation is 1. The van der Waals surface area contributed by atoms with Crippen LogP contribution in [0.25, 0.3) is 11.1 Å². The molecule has 66 heavy (non-hydrogen) atoms. The first kappa shape index (κ1) is 46.8. The lowest BCUT2D eigenvalue weighted by atomic mass is 9.88. The molecule has 1 amide bonds. The molecule has 11 heteroatoms. The molecule has 1 aromatic heterocycles. The molecule has 1 unspecified atom stereocenters. The van der Waals surface area contributed by atoms with Crippen molar-refractivity contribution in [1.29, 1.82) is 0 Å². The van der Waals surface area contributed by atoms with Gasteiger partial charge in [-0.25, -0.2) is 4.79 Å². The minimum Gasteiger partial charge on any atom is -0.486 e. The lowest BCUT2D eigenvalue weighted by molar-refractivity contribution is -0.146. The van der Waals surface area contributed by atoms with Gasteiger partial charge in [-0.05, 0) is 127 Å². The van der Waals surface area contributed by atoms with E-state index in [0.29, 0.717) is 42.5 Å². The van der Waals surface area contributed by atoms with Gasteiger partial charge in [0.2, 0.25) is 5.91 Å². The number of fused-ring (bicyclic) bond motifs is 2. The van der Waals surface area contributed by atoms with Crippen LogP contribution in [0, 0.1) is 13.8 Å². The fourth-order valence-corrected chi connectivity index (χ4v) is 9.77. The lowest BCUT2D eigenvalue weighted by Gasteiger charge is -2.42. The van der Waals surface area contributed by atoms with E-state index in [1.165, 1.54) is 7.11 Å². The maximum absolute atomic E-state index is 14.8. The first-order valence-corrected chi connectivity index (χ1v) is 23.6. The third kappa shape index (κ3) is 10.5. The second-order valence-corrected chi connectivity index (χ2v) is 18.4. The van der Waals surface area contributed by atoms with Crippen LogP contribution < -0.4 is 14.8 Å². The number of hydrogen-bond donors (Lipinski definition) is 1. The van der Waals surface area contributed by atoms with Gasteiger partial charge in [0, 0.05) is 49.6 Å². The van der Waals surface area contributed by atoms with Gasteiger partial charge in [0.25, 0.3) is 0 Å². The summed E-state index contributed by atoms with van der Waals surface area (Å²) in [5, 5.41) is 4.18. The van der Waals surface area contributed by atoms with Gasteiger partial charge in [-0.3, -0.25) is 19.6 Å². The summed E-state index contributed by atoms with van der Waals surface area (Å²) in [6.07, 6.45) is 3.74. The van der Waals surface area contributed by atoms with Gasteiger partial charge >= 0.3 is 5.97 Å². The number of nitrogens with zero attached hydrogens (tertiary/aromatic N) is 3.